The van der Waals surface area contributed by atoms with E-state index in [2.05, 4.69) is 13.2 Å². The monoisotopic (exact) mass is 355 g/mol. The van der Waals surface area contributed by atoms with Crippen LogP contribution < -0.4 is 0 Å². The third-order valence-electron chi connectivity index (χ3n) is 3.78. The molecule has 130 valence electrons. The van der Waals surface area contributed by atoms with Crippen molar-refractivity contribution in [3.8, 4) is 0 Å². The molecule has 0 radical (unpaired) electrons. The van der Waals surface area contributed by atoms with Crippen molar-refractivity contribution in [1.29, 1.82) is 0 Å². The lowest BCUT2D eigenvalue weighted by molar-refractivity contribution is -0.131. The van der Waals surface area contributed by atoms with Gasteiger partial charge in [-0.2, -0.15) is 0 Å². The molecule has 2 aromatic rings. The summed E-state index contributed by atoms with van der Waals surface area (Å²) in [5.41, 5.74) is 2.76. The molecule has 2 aromatic carbocycles. The fourth-order valence-electron chi connectivity index (χ4n) is 2.42. The number of benzene rings is 2. The highest BCUT2D eigenvalue weighted by Crippen LogP contribution is 2.20. The van der Waals surface area contributed by atoms with Crippen LogP contribution in [0.1, 0.15) is 17.5 Å². The maximum Gasteiger partial charge on any atom is 0.227 e. The summed E-state index contributed by atoms with van der Waals surface area (Å²) < 4.78 is 5.19. The Balaban J connectivity index is 2.03. The Morgan fingerprint density at radius 2 is 1.80 bits per heavy atom. The Hall–Kier alpha value is -2.52. The number of amides is 1. The summed E-state index contributed by atoms with van der Waals surface area (Å²) in [4.78, 5) is 14.5. The maximum atomic E-state index is 12.8. The highest BCUT2D eigenvalue weighted by Gasteiger charge is 2.16. The molecular formula is C21H22ClNO2. The van der Waals surface area contributed by atoms with Crippen molar-refractivity contribution >= 4 is 23.1 Å². The van der Waals surface area contributed by atoms with Crippen molar-refractivity contribution in [1.82, 2.24) is 4.90 Å². The average Bonchev–Trinajstić information content (AvgIpc) is 2.62. The van der Waals surface area contributed by atoms with Crippen molar-refractivity contribution in [3.05, 3.63) is 90.2 Å². The van der Waals surface area contributed by atoms with Crippen LogP contribution in [0.3, 0.4) is 0 Å². The van der Waals surface area contributed by atoms with E-state index in [-0.39, 0.29) is 12.3 Å². The minimum atomic E-state index is 0.0106. The van der Waals surface area contributed by atoms with Gasteiger partial charge in [0.05, 0.1) is 19.2 Å². The maximum absolute atomic E-state index is 12.8. The number of ether oxygens (including phenoxy) is 1. The summed E-state index contributed by atoms with van der Waals surface area (Å²) in [5.74, 6) is 0.0106. The molecule has 0 fully saturated rings. The normalized spacial score (nSPS) is 10.1. The van der Waals surface area contributed by atoms with Crippen LogP contribution in [0, 0.1) is 0 Å². The lowest BCUT2D eigenvalue weighted by atomic mass is 10.0. The lowest BCUT2D eigenvalue weighted by Gasteiger charge is -2.23. The summed E-state index contributed by atoms with van der Waals surface area (Å²) in [6.45, 7) is 9.02. The largest absolute Gasteiger partial charge is 0.500 e. The van der Waals surface area contributed by atoms with Gasteiger partial charge in [0.2, 0.25) is 5.91 Å². The summed E-state index contributed by atoms with van der Waals surface area (Å²) in [5, 5.41) is 0.662. The fraction of sp³-hybridized carbons (Fsp3) is 0.190. The van der Waals surface area contributed by atoms with Gasteiger partial charge in [-0.05, 0) is 28.8 Å². The summed E-state index contributed by atoms with van der Waals surface area (Å²) in [7, 11) is 0. The average molecular weight is 356 g/mol. The Morgan fingerprint density at radius 1 is 1.12 bits per heavy atom. The molecular weight excluding hydrogens is 334 g/mol. The SMILES string of the molecule is C=COCCN(Cc1ccccc1)C(=O)CC(=C)c1ccc(Cl)cc1. The van der Waals surface area contributed by atoms with E-state index < -0.39 is 0 Å². The van der Waals surface area contributed by atoms with Crippen LogP contribution in [0.25, 0.3) is 5.57 Å². The molecule has 0 aliphatic carbocycles. The second-order valence-corrected chi connectivity index (χ2v) is 6.06. The Kier molecular flexibility index (Phi) is 7.30. The molecule has 3 nitrogen and oxygen atoms in total. The number of halogens is 1. The van der Waals surface area contributed by atoms with E-state index in [0.717, 1.165) is 16.7 Å². The van der Waals surface area contributed by atoms with Crippen molar-refractivity contribution in [3.63, 3.8) is 0 Å². The molecule has 0 aliphatic rings. The molecule has 0 atom stereocenters. The molecule has 4 heteroatoms. The summed E-state index contributed by atoms with van der Waals surface area (Å²) in [6, 6.07) is 17.2. The van der Waals surface area contributed by atoms with Crippen molar-refractivity contribution in [2.75, 3.05) is 13.2 Å². The smallest absolute Gasteiger partial charge is 0.227 e. The van der Waals surface area contributed by atoms with Gasteiger partial charge >= 0.3 is 0 Å². The molecule has 0 unspecified atom stereocenters. The third kappa shape index (κ3) is 6.12. The first-order chi connectivity index (χ1) is 12.1. The van der Waals surface area contributed by atoms with Gasteiger partial charge in [0.1, 0.15) is 6.61 Å². The van der Waals surface area contributed by atoms with Crippen LogP contribution >= 0.6 is 11.6 Å². The molecule has 0 saturated carbocycles. The second kappa shape index (κ2) is 9.70. The number of carbonyl (C=O) groups excluding carboxylic acids is 1. The van der Waals surface area contributed by atoms with Crippen LogP contribution in [0.4, 0.5) is 0 Å². The molecule has 0 aliphatic heterocycles. The quantitative estimate of drug-likeness (QED) is 0.471. The fourth-order valence-corrected chi connectivity index (χ4v) is 2.55. The van der Waals surface area contributed by atoms with E-state index in [9.17, 15) is 4.79 Å². The number of hydrogen-bond donors (Lipinski definition) is 0. The van der Waals surface area contributed by atoms with E-state index in [1.807, 2.05) is 42.5 Å². The Morgan fingerprint density at radius 3 is 2.44 bits per heavy atom. The van der Waals surface area contributed by atoms with Crippen LogP contribution in [0.15, 0.2) is 74.0 Å². The first-order valence-corrected chi connectivity index (χ1v) is 8.46. The number of hydrogen-bond acceptors (Lipinski definition) is 2. The minimum absolute atomic E-state index is 0.0106. The summed E-state index contributed by atoms with van der Waals surface area (Å²) >= 11 is 5.91. The van der Waals surface area contributed by atoms with Gasteiger partial charge < -0.3 is 9.64 Å². The molecule has 0 saturated heterocycles. The molecule has 0 heterocycles. The van der Waals surface area contributed by atoms with Gasteiger partial charge in [0.25, 0.3) is 0 Å². The standard InChI is InChI=1S/C21H22ClNO2/c1-3-25-14-13-23(16-18-7-5-4-6-8-18)21(24)15-17(2)19-9-11-20(22)12-10-19/h3-12H,1-2,13-16H2. The van der Waals surface area contributed by atoms with Gasteiger partial charge in [0, 0.05) is 11.6 Å². The Bertz CT molecular complexity index is 710. The highest BCUT2D eigenvalue weighted by molar-refractivity contribution is 6.30. The molecule has 0 spiro atoms. The van der Waals surface area contributed by atoms with Gasteiger partial charge in [-0.1, -0.05) is 67.2 Å². The number of nitrogens with zero attached hydrogens (tertiary/aromatic N) is 1. The molecule has 25 heavy (non-hydrogen) atoms. The predicted octanol–water partition coefficient (Wildman–Crippen LogP) is 4.93. The van der Waals surface area contributed by atoms with Crippen molar-refractivity contribution in [2.24, 2.45) is 0 Å². The third-order valence-corrected chi connectivity index (χ3v) is 4.03. The van der Waals surface area contributed by atoms with Gasteiger partial charge in [-0.25, -0.2) is 0 Å². The van der Waals surface area contributed by atoms with Crippen molar-refractivity contribution < 1.29 is 9.53 Å². The van der Waals surface area contributed by atoms with Gasteiger partial charge in [0.15, 0.2) is 0 Å². The van der Waals surface area contributed by atoms with Crippen LogP contribution in [0.5, 0.6) is 0 Å². The van der Waals surface area contributed by atoms with E-state index in [1.165, 1.54) is 6.26 Å². The molecule has 0 aromatic heterocycles. The molecule has 0 bridgehead atoms. The zero-order valence-electron chi connectivity index (χ0n) is 14.2. The lowest BCUT2D eigenvalue weighted by Crippen LogP contribution is -2.33. The molecule has 2 rings (SSSR count). The topological polar surface area (TPSA) is 29.5 Å². The van der Waals surface area contributed by atoms with E-state index in [0.29, 0.717) is 24.7 Å². The summed E-state index contributed by atoms with van der Waals surface area (Å²) in [6.07, 6.45) is 1.64. The molecule has 0 N–H and O–H groups in total. The first-order valence-electron chi connectivity index (χ1n) is 8.08. The number of rotatable bonds is 9. The molecule has 1 amide bonds. The highest BCUT2D eigenvalue weighted by atomic mass is 35.5. The van der Waals surface area contributed by atoms with E-state index in [1.54, 1.807) is 17.0 Å². The Labute approximate surface area is 154 Å². The van der Waals surface area contributed by atoms with Crippen LogP contribution in [-0.4, -0.2) is 24.0 Å². The van der Waals surface area contributed by atoms with E-state index in [4.69, 9.17) is 16.3 Å². The van der Waals surface area contributed by atoms with Crippen LogP contribution in [0.2, 0.25) is 5.02 Å². The van der Waals surface area contributed by atoms with Gasteiger partial charge in [-0.15, -0.1) is 0 Å². The zero-order chi connectivity index (χ0) is 18.1. The predicted molar refractivity (Wildman–Crippen MR) is 103 cm³/mol. The van der Waals surface area contributed by atoms with Crippen molar-refractivity contribution in [2.45, 2.75) is 13.0 Å². The second-order valence-electron chi connectivity index (χ2n) is 5.63. The van der Waals surface area contributed by atoms with E-state index >= 15 is 0 Å². The first kappa shape index (κ1) is 18.8. The zero-order valence-corrected chi connectivity index (χ0v) is 14.9. The minimum Gasteiger partial charge on any atom is -0.500 e. The van der Waals surface area contributed by atoms with Crippen LogP contribution in [-0.2, 0) is 16.1 Å². The van der Waals surface area contributed by atoms with Gasteiger partial charge in [-0.3, -0.25) is 4.79 Å². The number of carbonyl (C=O) groups is 1.